The third-order valence-electron chi connectivity index (χ3n) is 4.02. The minimum Gasteiger partial charge on any atom is -0.294 e. The van der Waals surface area contributed by atoms with Crippen molar-refractivity contribution in [2.75, 3.05) is 0 Å². The summed E-state index contributed by atoms with van der Waals surface area (Å²) in [4.78, 5) is 11.4. The molecule has 0 N–H and O–H groups in total. The minimum atomic E-state index is 0.198. The molecule has 1 nitrogen and oxygen atoms in total. The van der Waals surface area contributed by atoms with Crippen molar-refractivity contribution in [3.63, 3.8) is 0 Å². The number of carbonyl (C=O) groups excluding carboxylic acids is 1. The topological polar surface area (TPSA) is 17.1 Å². The molecule has 0 aromatic rings. The van der Waals surface area contributed by atoms with Crippen molar-refractivity contribution in [1.82, 2.24) is 0 Å². The summed E-state index contributed by atoms with van der Waals surface area (Å²) in [6, 6.07) is 0. The molecule has 0 aliphatic heterocycles. The van der Waals surface area contributed by atoms with E-state index in [1.54, 1.807) is 0 Å². The van der Waals surface area contributed by atoms with Gasteiger partial charge in [0.15, 0.2) is 5.78 Å². The van der Waals surface area contributed by atoms with Gasteiger partial charge in [0.1, 0.15) is 0 Å². The van der Waals surface area contributed by atoms with Crippen LogP contribution in [0, 0.1) is 16.7 Å². The zero-order valence-corrected chi connectivity index (χ0v) is 7.56. The molecule has 2 aliphatic rings. The van der Waals surface area contributed by atoms with Crippen LogP contribution in [0.3, 0.4) is 0 Å². The largest absolute Gasteiger partial charge is 0.294 e. The summed E-state index contributed by atoms with van der Waals surface area (Å²) in [5.41, 5.74) is 1.70. The Labute approximate surface area is 67.5 Å². The lowest BCUT2D eigenvalue weighted by molar-refractivity contribution is -0.116. The highest BCUT2D eigenvalue weighted by Crippen LogP contribution is 2.75. The highest BCUT2D eigenvalue weighted by atomic mass is 16.1. The maximum absolute atomic E-state index is 11.4. The molecule has 0 saturated heterocycles. The number of carbonyl (C=O) groups is 1. The second kappa shape index (κ2) is 1.45. The summed E-state index contributed by atoms with van der Waals surface area (Å²) in [5.74, 6) is 0.630. The lowest BCUT2D eigenvalue weighted by Gasteiger charge is -2.13. The highest BCUT2D eigenvalue weighted by molar-refractivity contribution is 6.01. The lowest BCUT2D eigenvalue weighted by atomic mass is 9.91. The SMILES string of the molecule is CC1=CC(=O)C2C(C)(C)C12C. The van der Waals surface area contributed by atoms with Crippen LogP contribution in [0.1, 0.15) is 27.7 Å². The monoisotopic (exact) mass is 150 g/mol. The molecule has 1 saturated carbocycles. The number of allylic oxidation sites excluding steroid dienone is 2. The first-order valence-corrected chi connectivity index (χ1v) is 4.15. The van der Waals surface area contributed by atoms with Crippen LogP contribution >= 0.6 is 0 Å². The third-order valence-corrected chi connectivity index (χ3v) is 4.02. The Morgan fingerprint density at radius 3 is 2.09 bits per heavy atom. The van der Waals surface area contributed by atoms with Gasteiger partial charge in [0.2, 0.25) is 0 Å². The Morgan fingerprint density at radius 1 is 1.36 bits per heavy atom. The molecule has 0 radical (unpaired) electrons. The van der Waals surface area contributed by atoms with Crippen LogP contribution in [0.2, 0.25) is 0 Å². The molecular formula is C10H14O. The van der Waals surface area contributed by atoms with Gasteiger partial charge in [-0.3, -0.25) is 4.79 Å². The van der Waals surface area contributed by atoms with Crippen LogP contribution in [0.15, 0.2) is 11.6 Å². The molecule has 11 heavy (non-hydrogen) atoms. The van der Waals surface area contributed by atoms with Crippen molar-refractivity contribution in [3.05, 3.63) is 11.6 Å². The summed E-state index contributed by atoms with van der Waals surface area (Å²) < 4.78 is 0. The molecule has 2 rings (SSSR count). The van der Waals surface area contributed by atoms with E-state index in [0.29, 0.717) is 5.78 Å². The van der Waals surface area contributed by atoms with Crippen LogP contribution in [-0.2, 0) is 4.79 Å². The van der Waals surface area contributed by atoms with Crippen molar-refractivity contribution in [2.24, 2.45) is 16.7 Å². The van der Waals surface area contributed by atoms with Crippen molar-refractivity contribution < 1.29 is 4.79 Å². The Bertz CT molecular complexity index is 273. The molecule has 1 fully saturated rings. The molecule has 0 aromatic carbocycles. The lowest BCUT2D eigenvalue weighted by Crippen LogP contribution is -2.06. The van der Waals surface area contributed by atoms with Crippen molar-refractivity contribution in [2.45, 2.75) is 27.7 Å². The van der Waals surface area contributed by atoms with Gasteiger partial charge in [0.05, 0.1) is 0 Å². The second-order valence-electron chi connectivity index (χ2n) is 4.59. The van der Waals surface area contributed by atoms with Gasteiger partial charge in [-0.05, 0) is 18.4 Å². The first-order valence-electron chi connectivity index (χ1n) is 4.15. The van der Waals surface area contributed by atoms with E-state index in [1.807, 2.05) is 6.08 Å². The van der Waals surface area contributed by atoms with Crippen LogP contribution < -0.4 is 0 Å². The van der Waals surface area contributed by atoms with E-state index in [1.165, 1.54) is 5.57 Å². The number of hydrogen-bond donors (Lipinski definition) is 0. The van der Waals surface area contributed by atoms with E-state index in [2.05, 4.69) is 27.7 Å². The molecule has 2 aliphatic carbocycles. The molecule has 2 atom stereocenters. The Kier molecular flexibility index (Phi) is 0.935. The Balaban J connectivity index is 2.49. The van der Waals surface area contributed by atoms with Gasteiger partial charge in [-0.1, -0.05) is 26.3 Å². The minimum absolute atomic E-state index is 0.198. The average molecular weight is 150 g/mol. The fourth-order valence-electron chi connectivity index (χ4n) is 2.80. The van der Waals surface area contributed by atoms with E-state index in [-0.39, 0.29) is 16.7 Å². The Morgan fingerprint density at radius 2 is 1.91 bits per heavy atom. The first kappa shape index (κ1) is 7.08. The predicted octanol–water partition coefficient (Wildman–Crippen LogP) is 2.18. The van der Waals surface area contributed by atoms with Crippen molar-refractivity contribution >= 4 is 5.78 Å². The highest BCUT2D eigenvalue weighted by Gasteiger charge is 2.73. The number of ketones is 1. The van der Waals surface area contributed by atoms with E-state index in [9.17, 15) is 4.79 Å². The van der Waals surface area contributed by atoms with Gasteiger partial charge in [-0.25, -0.2) is 0 Å². The normalized spacial score (nSPS) is 45.3. The van der Waals surface area contributed by atoms with Gasteiger partial charge in [-0.2, -0.15) is 0 Å². The fraction of sp³-hybridized carbons (Fsp3) is 0.700. The van der Waals surface area contributed by atoms with Crippen LogP contribution in [0.4, 0.5) is 0 Å². The maximum atomic E-state index is 11.4. The zero-order valence-electron chi connectivity index (χ0n) is 7.56. The van der Waals surface area contributed by atoms with Gasteiger partial charge < -0.3 is 0 Å². The quantitative estimate of drug-likeness (QED) is 0.517. The molecule has 0 heterocycles. The summed E-state index contributed by atoms with van der Waals surface area (Å²) in [7, 11) is 0. The van der Waals surface area contributed by atoms with E-state index in [4.69, 9.17) is 0 Å². The van der Waals surface area contributed by atoms with E-state index < -0.39 is 0 Å². The summed E-state index contributed by atoms with van der Waals surface area (Å²) in [6.07, 6.45) is 1.82. The molecule has 2 unspecified atom stereocenters. The first-order chi connectivity index (χ1) is 4.92. The molecular weight excluding hydrogens is 136 g/mol. The summed E-state index contributed by atoms with van der Waals surface area (Å²) in [5, 5.41) is 0. The van der Waals surface area contributed by atoms with Crippen LogP contribution in [0.5, 0.6) is 0 Å². The zero-order chi connectivity index (χ0) is 8.44. The third kappa shape index (κ3) is 0.492. The molecule has 0 aromatic heterocycles. The van der Waals surface area contributed by atoms with Gasteiger partial charge in [0.25, 0.3) is 0 Å². The van der Waals surface area contributed by atoms with E-state index in [0.717, 1.165) is 0 Å². The van der Waals surface area contributed by atoms with Crippen LogP contribution in [-0.4, -0.2) is 5.78 Å². The molecule has 0 bridgehead atoms. The van der Waals surface area contributed by atoms with Gasteiger partial charge in [-0.15, -0.1) is 0 Å². The number of rotatable bonds is 0. The van der Waals surface area contributed by atoms with Crippen molar-refractivity contribution in [3.8, 4) is 0 Å². The summed E-state index contributed by atoms with van der Waals surface area (Å²) in [6.45, 7) is 8.65. The number of hydrogen-bond acceptors (Lipinski definition) is 1. The van der Waals surface area contributed by atoms with Gasteiger partial charge in [0, 0.05) is 11.3 Å². The second-order valence-corrected chi connectivity index (χ2v) is 4.59. The summed E-state index contributed by atoms with van der Waals surface area (Å²) >= 11 is 0. The van der Waals surface area contributed by atoms with Crippen LogP contribution in [0.25, 0.3) is 0 Å². The maximum Gasteiger partial charge on any atom is 0.160 e. The van der Waals surface area contributed by atoms with Gasteiger partial charge >= 0.3 is 0 Å². The van der Waals surface area contributed by atoms with E-state index >= 15 is 0 Å². The van der Waals surface area contributed by atoms with Crippen molar-refractivity contribution in [1.29, 1.82) is 0 Å². The molecule has 60 valence electrons. The predicted molar refractivity (Wildman–Crippen MR) is 44.1 cm³/mol. The number of fused-ring (bicyclic) bond motifs is 1. The molecule has 1 heteroatoms. The standard InChI is InChI=1S/C10H14O/c1-6-5-7(11)8-9(2,3)10(6,8)4/h5,8H,1-4H3. The Hall–Kier alpha value is -0.590. The smallest absolute Gasteiger partial charge is 0.160 e. The average Bonchev–Trinajstić information content (AvgIpc) is 2.15. The fourth-order valence-corrected chi connectivity index (χ4v) is 2.80. The molecule has 0 amide bonds. The molecule has 0 spiro atoms.